The molecule has 0 amide bonds. The highest BCUT2D eigenvalue weighted by molar-refractivity contribution is 5.99. The van der Waals surface area contributed by atoms with E-state index in [0.717, 1.165) is 0 Å². The Balaban J connectivity index is 2.42. The Morgan fingerprint density at radius 2 is 0.467 bits per heavy atom. The zero-order chi connectivity index (χ0) is 22.9. The average Bonchev–Trinajstić information content (AvgIpc) is 2.54. The molecule has 3 aromatic rings. The van der Waals surface area contributed by atoms with Crippen LogP contribution in [0.1, 0.15) is 105 Å². The van der Waals surface area contributed by atoms with Crippen LogP contribution in [0, 0.1) is 0 Å². The van der Waals surface area contributed by atoms with Crippen molar-refractivity contribution in [2.75, 3.05) is 0 Å². The summed E-state index contributed by atoms with van der Waals surface area (Å²) in [5.41, 5.74) is 6.34. The maximum atomic E-state index is 2.45. The molecule has 3 aromatic carbocycles. The molecule has 0 saturated heterocycles. The van der Waals surface area contributed by atoms with E-state index in [0.29, 0.717) is 0 Å². The van der Waals surface area contributed by atoms with Crippen LogP contribution >= 0.6 is 0 Å². The molecule has 0 saturated carbocycles. The van der Waals surface area contributed by atoms with E-state index in [9.17, 15) is 0 Å². The summed E-state index contributed by atoms with van der Waals surface area (Å²) in [6.07, 6.45) is 0. The molecule has 30 heavy (non-hydrogen) atoms. The number of benzene rings is 3. The number of rotatable bonds is 0. The van der Waals surface area contributed by atoms with E-state index in [2.05, 4.69) is 119 Å². The van der Waals surface area contributed by atoms with Crippen molar-refractivity contribution in [3.63, 3.8) is 0 Å². The van der Waals surface area contributed by atoms with Gasteiger partial charge in [-0.05, 0) is 77.6 Å². The van der Waals surface area contributed by atoms with Gasteiger partial charge in [-0.25, -0.2) is 0 Å². The van der Waals surface area contributed by atoms with Crippen LogP contribution in [0.15, 0.2) is 36.4 Å². The van der Waals surface area contributed by atoms with Gasteiger partial charge in [0.1, 0.15) is 0 Å². The molecule has 0 spiro atoms. The molecule has 0 aromatic heterocycles. The Hall–Kier alpha value is -1.82. The van der Waals surface area contributed by atoms with E-state index in [1.54, 1.807) is 0 Å². The topological polar surface area (TPSA) is 0 Å². The maximum Gasteiger partial charge on any atom is -0.0129 e. The van der Waals surface area contributed by atoms with Crippen LogP contribution in [0.2, 0.25) is 0 Å². The van der Waals surface area contributed by atoms with Crippen LogP contribution in [0.4, 0.5) is 0 Å². The maximum absolute atomic E-state index is 2.45. The lowest BCUT2D eigenvalue weighted by Crippen LogP contribution is -2.22. The third-order valence-corrected chi connectivity index (χ3v) is 6.30. The second-order valence-electron chi connectivity index (χ2n) is 13.3. The minimum absolute atomic E-state index is 0.123. The lowest BCUT2D eigenvalue weighted by atomic mass is 9.73. The van der Waals surface area contributed by atoms with Gasteiger partial charge in [-0.2, -0.15) is 0 Å². The van der Waals surface area contributed by atoms with Crippen LogP contribution in [-0.4, -0.2) is 0 Å². The van der Waals surface area contributed by atoms with Gasteiger partial charge in [0.15, 0.2) is 0 Å². The summed E-state index contributed by atoms with van der Waals surface area (Å²) in [6.45, 7) is 28.0. The Morgan fingerprint density at radius 1 is 0.300 bits per heavy atom. The zero-order valence-electron chi connectivity index (χ0n) is 21.5. The monoisotopic (exact) mass is 402 g/mol. The van der Waals surface area contributed by atoms with E-state index in [4.69, 9.17) is 0 Å². The molecule has 0 atom stereocenters. The highest BCUT2D eigenvalue weighted by atomic mass is 14.3. The van der Waals surface area contributed by atoms with Gasteiger partial charge in [-0.1, -0.05) is 107 Å². The molecule has 3 rings (SSSR count). The van der Waals surface area contributed by atoms with Crippen molar-refractivity contribution in [1.82, 2.24) is 0 Å². The van der Waals surface area contributed by atoms with Crippen molar-refractivity contribution in [2.24, 2.45) is 0 Å². The number of fused-ring (bicyclic) bond motifs is 2. The summed E-state index contributed by atoms with van der Waals surface area (Å²) in [6, 6.07) is 14.6. The fourth-order valence-electron chi connectivity index (χ4n) is 4.58. The average molecular weight is 403 g/mol. The lowest BCUT2D eigenvalue weighted by Gasteiger charge is -2.32. The van der Waals surface area contributed by atoms with Crippen molar-refractivity contribution in [3.05, 3.63) is 58.7 Å². The second kappa shape index (κ2) is 6.84. The van der Waals surface area contributed by atoms with Gasteiger partial charge < -0.3 is 0 Å². The molecular formula is C30H42. The number of hydrogen-bond donors (Lipinski definition) is 0. The molecule has 0 aliphatic heterocycles. The van der Waals surface area contributed by atoms with E-state index < -0.39 is 0 Å². The standard InChI is InChI=1S/C30H42/c1-27(2,3)23-15-19-13-21-17-25(29(7,8)9)26(30(10,11)12)18-22(21)14-20(19)16-24(23)28(4,5)6/h13-18H,1-12H3. The van der Waals surface area contributed by atoms with Crippen molar-refractivity contribution >= 4 is 21.5 Å². The second-order valence-corrected chi connectivity index (χ2v) is 13.3. The fourth-order valence-corrected chi connectivity index (χ4v) is 4.58. The predicted molar refractivity (Wildman–Crippen MR) is 136 cm³/mol. The van der Waals surface area contributed by atoms with E-state index in [1.165, 1.54) is 43.8 Å². The smallest absolute Gasteiger partial charge is 0.0129 e. The van der Waals surface area contributed by atoms with Gasteiger partial charge in [-0.15, -0.1) is 0 Å². The quantitative estimate of drug-likeness (QED) is 0.329. The van der Waals surface area contributed by atoms with Gasteiger partial charge in [0, 0.05) is 0 Å². The van der Waals surface area contributed by atoms with Crippen molar-refractivity contribution in [2.45, 2.75) is 105 Å². The van der Waals surface area contributed by atoms with E-state index in [-0.39, 0.29) is 21.7 Å². The number of hydrogen-bond acceptors (Lipinski definition) is 0. The molecule has 0 heterocycles. The highest BCUT2D eigenvalue weighted by Crippen LogP contribution is 2.40. The third kappa shape index (κ3) is 4.29. The van der Waals surface area contributed by atoms with Crippen LogP contribution in [0.25, 0.3) is 21.5 Å². The molecular weight excluding hydrogens is 360 g/mol. The first-order valence-electron chi connectivity index (χ1n) is 11.5. The predicted octanol–water partition coefficient (Wildman–Crippen LogP) is 9.18. The first kappa shape index (κ1) is 22.9. The Labute approximate surface area is 185 Å². The van der Waals surface area contributed by atoms with Gasteiger partial charge in [-0.3, -0.25) is 0 Å². The molecule has 0 fully saturated rings. The van der Waals surface area contributed by atoms with Gasteiger partial charge in [0.05, 0.1) is 0 Å². The van der Waals surface area contributed by atoms with Crippen LogP contribution < -0.4 is 0 Å². The molecule has 0 N–H and O–H groups in total. The van der Waals surface area contributed by atoms with Crippen molar-refractivity contribution < 1.29 is 0 Å². The fraction of sp³-hybridized carbons (Fsp3) is 0.533. The van der Waals surface area contributed by atoms with Crippen LogP contribution in [-0.2, 0) is 21.7 Å². The summed E-state index contributed by atoms with van der Waals surface area (Å²) in [5, 5.41) is 5.40. The Kier molecular flexibility index (Phi) is 5.21. The van der Waals surface area contributed by atoms with E-state index >= 15 is 0 Å². The minimum atomic E-state index is 0.123. The van der Waals surface area contributed by atoms with Gasteiger partial charge in [0.2, 0.25) is 0 Å². The summed E-state index contributed by atoms with van der Waals surface area (Å²) < 4.78 is 0. The lowest BCUT2D eigenvalue weighted by molar-refractivity contribution is 0.531. The largest absolute Gasteiger partial charge is 0.0561 e. The highest BCUT2D eigenvalue weighted by Gasteiger charge is 2.27. The molecule has 0 bridgehead atoms. The normalized spacial score (nSPS) is 14.0. The van der Waals surface area contributed by atoms with E-state index in [1.807, 2.05) is 0 Å². The molecule has 0 nitrogen and oxygen atoms in total. The molecule has 162 valence electrons. The molecule has 0 radical (unpaired) electrons. The molecule has 0 aliphatic carbocycles. The summed E-state index contributed by atoms with van der Waals surface area (Å²) >= 11 is 0. The SMILES string of the molecule is CC(C)(C)c1cc2cc3cc(C(C)(C)C)c(C(C)(C)C)cc3cc2cc1C(C)(C)C. The molecule has 0 heteroatoms. The summed E-state index contributed by atoms with van der Waals surface area (Å²) in [4.78, 5) is 0. The van der Waals surface area contributed by atoms with Crippen LogP contribution in [0.5, 0.6) is 0 Å². The zero-order valence-corrected chi connectivity index (χ0v) is 21.5. The summed E-state index contributed by atoms with van der Waals surface area (Å²) in [5.74, 6) is 0. The first-order chi connectivity index (χ1) is 13.4. The van der Waals surface area contributed by atoms with Gasteiger partial charge >= 0.3 is 0 Å². The Morgan fingerprint density at radius 3 is 0.600 bits per heavy atom. The Bertz CT molecular complexity index is 921. The first-order valence-corrected chi connectivity index (χ1v) is 11.5. The molecule has 0 unspecified atom stereocenters. The van der Waals surface area contributed by atoms with Crippen molar-refractivity contribution in [1.29, 1.82) is 0 Å². The minimum Gasteiger partial charge on any atom is -0.0561 e. The van der Waals surface area contributed by atoms with Gasteiger partial charge in [0.25, 0.3) is 0 Å². The van der Waals surface area contributed by atoms with Crippen molar-refractivity contribution in [3.8, 4) is 0 Å². The van der Waals surface area contributed by atoms with Crippen LogP contribution in [0.3, 0.4) is 0 Å². The molecule has 0 aliphatic rings. The summed E-state index contributed by atoms with van der Waals surface area (Å²) in [7, 11) is 0. The third-order valence-electron chi connectivity index (χ3n) is 6.30.